The highest BCUT2D eigenvalue weighted by atomic mass is 16.7. The van der Waals surface area contributed by atoms with Crippen molar-refractivity contribution >= 4 is 0 Å². The molecule has 0 spiro atoms. The van der Waals surface area contributed by atoms with Gasteiger partial charge in [-0.2, -0.15) is 0 Å². The minimum absolute atomic E-state index is 0.240. The largest absolute Gasteiger partial charge is 0.438 e. The summed E-state index contributed by atoms with van der Waals surface area (Å²) in [5, 5.41) is 9.75. The van der Waals surface area contributed by atoms with Crippen molar-refractivity contribution in [2.75, 3.05) is 0 Å². The number of hydrogen-bond acceptors (Lipinski definition) is 3. The molecule has 4 heteroatoms. The lowest BCUT2D eigenvalue weighted by Crippen LogP contribution is -2.07. The van der Waals surface area contributed by atoms with Gasteiger partial charge in [0.25, 0.3) is 0 Å². The van der Waals surface area contributed by atoms with Gasteiger partial charge in [-0.05, 0) is 13.8 Å². The fourth-order valence-corrected chi connectivity index (χ4v) is 0.285. The van der Waals surface area contributed by atoms with Crippen LogP contribution in [0.3, 0.4) is 0 Å². The van der Waals surface area contributed by atoms with Gasteiger partial charge in [0.05, 0.1) is 12.7 Å². The molecule has 4 nitrogen and oxygen atoms in total. The first-order chi connectivity index (χ1) is 4.04. The third kappa shape index (κ3) is 3.52. The maximum atomic E-state index is 9.75. The van der Waals surface area contributed by atoms with Crippen LogP contribution in [0.15, 0.2) is 5.88 Å². The summed E-state index contributed by atoms with van der Waals surface area (Å²) >= 11 is 0. The van der Waals surface area contributed by atoms with Gasteiger partial charge in [-0.3, -0.25) is 10.1 Å². The molecule has 1 radical (unpaired) electrons. The van der Waals surface area contributed by atoms with Gasteiger partial charge in [0.15, 0.2) is 0 Å². The van der Waals surface area contributed by atoms with E-state index >= 15 is 0 Å². The van der Waals surface area contributed by atoms with Gasteiger partial charge in [-0.25, -0.2) is 0 Å². The average Bonchev–Trinajstić information content (AvgIpc) is 1.63. The summed E-state index contributed by atoms with van der Waals surface area (Å²) in [6.07, 6.45) is -0.240. The first kappa shape index (κ1) is 7.94. The predicted molar refractivity (Wildman–Crippen MR) is 31.0 cm³/mol. The number of nitro groups is 1. The average molecular weight is 130 g/mol. The van der Waals surface area contributed by atoms with Crippen LogP contribution in [0, 0.1) is 16.7 Å². The maximum absolute atomic E-state index is 9.75. The van der Waals surface area contributed by atoms with Crippen LogP contribution in [0.25, 0.3) is 0 Å². The van der Waals surface area contributed by atoms with Gasteiger partial charge in [0.2, 0.25) is 0 Å². The molecule has 0 aliphatic carbocycles. The van der Waals surface area contributed by atoms with Crippen molar-refractivity contribution in [3.8, 4) is 0 Å². The standard InChI is InChI=1S/C5H8NO3/c1-4(2)9-5(3)6(7)8/h3-4H,1-2H3. The Kier molecular flexibility index (Phi) is 2.70. The maximum Gasteiger partial charge on any atom is 0.428 e. The highest BCUT2D eigenvalue weighted by molar-refractivity contribution is 4.61. The van der Waals surface area contributed by atoms with E-state index in [0.717, 1.165) is 0 Å². The quantitative estimate of drug-likeness (QED) is 0.325. The Balaban J connectivity index is 3.65. The summed E-state index contributed by atoms with van der Waals surface area (Å²) in [4.78, 5) is 8.99. The van der Waals surface area contributed by atoms with Crippen molar-refractivity contribution in [3.05, 3.63) is 22.6 Å². The van der Waals surface area contributed by atoms with E-state index in [2.05, 4.69) is 4.74 Å². The highest BCUT2D eigenvalue weighted by Gasteiger charge is 2.08. The number of ether oxygens (including phenoxy) is 1. The predicted octanol–water partition coefficient (Wildman–Crippen LogP) is 0.962. The van der Waals surface area contributed by atoms with Crippen molar-refractivity contribution in [3.63, 3.8) is 0 Å². The van der Waals surface area contributed by atoms with Crippen LogP contribution in [-0.2, 0) is 4.74 Å². The highest BCUT2D eigenvalue weighted by Crippen LogP contribution is 1.97. The second kappa shape index (κ2) is 3.06. The van der Waals surface area contributed by atoms with Crippen molar-refractivity contribution < 1.29 is 9.66 Å². The van der Waals surface area contributed by atoms with Crippen molar-refractivity contribution in [1.29, 1.82) is 0 Å². The summed E-state index contributed by atoms with van der Waals surface area (Å²) in [6, 6.07) is 0. The lowest BCUT2D eigenvalue weighted by molar-refractivity contribution is -0.466. The normalized spacial score (nSPS) is 9.22. The van der Waals surface area contributed by atoms with Crippen LogP contribution in [0.2, 0.25) is 0 Å². The van der Waals surface area contributed by atoms with Gasteiger partial charge >= 0.3 is 5.88 Å². The Hall–Kier alpha value is -1.06. The molecule has 0 saturated heterocycles. The molecule has 0 aromatic rings. The molecular weight excluding hydrogens is 122 g/mol. The molecule has 0 rings (SSSR count). The van der Waals surface area contributed by atoms with Gasteiger partial charge in [-0.1, -0.05) is 0 Å². The molecule has 0 aromatic heterocycles. The van der Waals surface area contributed by atoms with Gasteiger partial charge in [0, 0.05) is 0 Å². The molecule has 51 valence electrons. The Morgan fingerprint density at radius 1 is 1.78 bits per heavy atom. The van der Waals surface area contributed by atoms with E-state index in [-0.39, 0.29) is 6.10 Å². The molecular formula is C5H8NO3. The van der Waals surface area contributed by atoms with E-state index in [1.807, 2.05) is 0 Å². The zero-order chi connectivity index (χ0) is 7.44. The van der Waals surface area contributed by atoms with E-state index in [0.29, 0.717) is 0 Å². The Morgan fingerprint density at radius 2 is 2.22 bits per heavy atom. The topological polar surface area (TPSA) is 52.4 Å². The van der Waals surface area contributed by atoms with Crippen LogP contribution >= 0.6 is 0 Å². The number of hydrogen-bond donors (Lipinski definition) is 0. The molecule has 0 amide bonds. The van der Waals surface area contributed by atoms with E-state index in [4.69, 9.17) is 6.58 Å². The first-order valence-corrected chi connectivity index (χ1v) is 2.47. The van der Waals surface area contributed by atoms with Crippen LogP contribution in [0.4, 0.5) is 0 Å². The molecule has 0 bridgehead atoms. The van der Waals surface area contributed by atoms with Crippen molar-refractivity contribution in [2.45, 2.75) is 20.0 Å². The molecule has 0 aromatic carbocycles. The van der Waals surface area contributed by atoms with Crippen LogP contribution in [0.5, 0.6) is 0 Å². The lowest BCUT2D eigenvalue weighted by Gasteiger charge is -2.02. The van der Waals surface area contributed by atoms with E-state index in [1.165, 1.54) is 0 Å². The molecule has 0 aliphatic heterocycles. The van der Waals surface area contributed by atoms with E-state index < -0.39 is 10.8 Å². The number of rotatable bonds is 3. The van der Waals surface area contributed by atoms with Crippen LogP contribution < -0.4 is 0 Å². The van der Waals surface area contributed by atoms with Crippen LogP contribution in [0.1, 0.15) is 13.8 Å². The van der Waals surface area contributed by atoms with Crippen LogP contribution in [-0.4, -0.2) is 11.0 Å². The lowest BCUT2D eigenvalue weighted by atomic mass is 10.5. The third-order valence-corrected chi connectivity index (χ3v) is 0.536. The fraction of sp³-hybridized carbons (Fsp3) is 0.600. The van der Waals surface area contributed by atoms with Crippen molar-refractivity contribution in [1.82, 2.24) is 0 Å². The SMILES string of the molecule is [CH]=C(OC(C)C)[N+](=O)[O-]. The van der Waals surface area contributed by atoms with E-state index in [9.17, 15) is 10.1 Å². The van der Waals surface area contributed by atoms with Gasteiger partial charge in [0.1, 0.15) is 4.92 Å². The zero-order valence-electron chi connectivity index (χ0n) is 5.33. The molecule has 9 heavy (non-hydrogen) atoms. The minimum Gasteiger partial charge on any atom is -0.438 e. The molecule has 0 fully saturated rings. The molecule has 0 heterocycles. The van der Waals surface area contributed by atoms with Gasteiger partial charge < -0.3 is 4.74 Å². The summed E-state index contributed by atoms with van der Waals surface area (Å²) in [7, 11) is 0. The zero-order valence-corrected chi connectivity index (χ0v) is 5.33. The Labute approximate surface area is 53.3 Å². The fourth-order valence-electron chi connectivity index (χ4n) is 0.285. The summed E-state index contributed by atoms with van der Waals surface area (Å²) < 4.78 is 4.51. The monoisotopic (exact) mass is 130 g/mol. The second-order valence-corrected chi connectivity index (χ2v) is 1.76. The first-order valence-electron chi connectivity index (χ1n) is 2.47. The molecule has 0 unspecified atom stereocenters. The van der Waals surface area contributed by atoms with E-state index in [1.54, 1.807) is 13.8 Å². The van der Waals surface area contributed by atoms with Crippen molar-refractivity contribution in [2.24, 2.45) is 0 Å². The third-order valence-electron chi connectivity index (χ3n) is 0.536. The summed E-state index contributed by atoms with van der Waals surface area (Å²) in [5.74, 6) is -0.648. The molecule has 0 saturated carbocycles. The molecule has 0 atom stereocenters. The second-order valence-electron chi connectivity index (χ2n) is 1.76. The summed E-state index contributed by atoms with van der Waals surface area (Å²) in [6.45, 7) is 8.14. The minimum atomic E-state index is -0.764. The Morgan fingerprint density at radius 3 is 2.33 bits per heavy atom. The smallest absolute Gasteiger partial charge is 0.428 e. The number of nitrogens with zero attached hydrogens (tertiary/aromatic N) is 1. The summed E-state index contributed by atoms with van der Waals surface area (Å²) in [5.41, 5.74) is 0. The molecule has 0 N–H and O–H groups in total. The Bertz CT molecular complexity index is 130. The van der Waals surface area contributed by atoms with Gasteiger partial charge in [-0.15, -0.1) is 0 Å². The molecule has 0 aliphatic rings.